The Labute approximate surface area is 160 Å². The number of fused-ring (bicyclic) bond motifs is 4. The van der Waals surface area contributed by atoms with E-state index in [2.05, 4.69) is 30.1 Å². The van der Waals surface area contributed by atoms with Gasteiger partial charge in [-0.15, -0.1) is 0 Å². The Hall–Kier alpha value is -3.60. The maximum atomic E-state index is 4.76. The van der Waals surface area contributed by atoms with E-state index in [4.69, 9.17) is 12.2 Å². The highest BCUT2D eigenvalue weighted by Gasteiger charge is 2.16. The second-order valence-corrected chi connectivity index (χ2v) is 6.30. The van der Waals surface area contributed by atoms with E-state index in [1.165, 1.54) is 0 Å². The van der Waals surface area contributed by atoms with Gasteiger partial charge in [0.05, 0.1) is 50.8 Å². The summed E-state index contributed by atoms with van der Waals surface area (Å²) in [6.45, 7) is 0. The van der Waals surface area contributed by atoms with Crippen molar-refractivity contribution in [2.75, 3.05) is 0 Å². The van der Waals surface area contributed by atoms with E-state index in [0.29, 0.717) is 11.4 Å². The zero-order valence-corrected chi connectivity index (χ0v) is 14.8. The number of nitrogens with zero attached hydrogens (tertiary/aromatic N) is 5. The van der Waals surface area contributed by atoms with E-state index in [0.717, 1.165) is 39.9 Å². The molecule has 6 heteroatoms. The molecule has 0 atom stereocenters. The predicted molar refractivity (Wildman–Crippen MR) is 113 cm³/mol. The van der Waals surface area contributed by atoms with Crippen LogP contribution in [0.2, 0.25) is 0 Å². The van der Waals surface area contributed by atoms with Crippen molar-refractivity contribution in [1.29, 1.82) is 0 Å². The molecule has 0 aliphatic carbocycles. The van der Waals surface area contributed by atoms with Gasteiger partial charge in [0.2, 0.25) is 0 Å². The predicted octanol–water partition coefficient (Wildman–Crippen LogP) is 4.01. The van der Waals surface area contributed by atoms with E-state index < -0.39 is 0 Å². The number of hydrogen-bond acceptors (Lipinski definition) is 6. The minimum Gasteiger partial charge on any atom is -0.249 e. The second-order valence-electron chi connectivity index (χ2n) is 6.12. The lowest BCUT2D eigenvalue weighted by Crippen LogP contribution is -1.89. The summed E-state index contributed by atoms with van der Waals surface area (Å²) >= 11 is 4.76. The zero-order valence-electron chi connectivity index (χ0n) is 14.0. The number of aliphatic imine (C=N–C) groups is 5. The number of hydrogen-bond donors (Lipinski definition) is 0. The third-order valence-electron chi connectivity index (χ3n) is 4.18. The van der Waals surface area contributed by atoms with Crippen LogP contribution >= 0.6 is 12.2 Å². The molecular weight excluding hydrogens is 354 g/mol. The van der Waals surface area contributed by atoms with Gasteiger partial charge in [0.25, 0.3) is 0 Å². The smallest absolute Gasteiger partial charge is 0.102 e. The summed E-state index contributed by atoms with van der Waals surface area (Å²) in [5, 5.41) is 2.41. The molecular formula is C21H11N5S. The third kappa shape index (κ3) is 3.15. The first-order chi connectivity index (χ1) is 13.2. The van der Waals surface area contributed by atoms with Gasteiger partial charge in [-0.3, -0.25) is 0 Å². The lowest BCUT2D eigenvalue weighted by molar-refractivity contribution is 1.30. The number of thiocarbonyl (C=S) groups is 1. The Balaban J connectivity index is 1.67. The lowest BCUT2D eigenvalue weighted by atomic mass is 10.2. The van der Waals surface area contributed by atoms with Gasteiger partial charge in [0.15, 0.2) is 0 Å². The normalized spacial score (nSPS) is 21.4. The van der Waals surface area contributed by atoms with E-state index in [1.54, 1.807) is 0 Å². The summed E-state index contributed by atoms with van der Waals surface area (Å²) in [5.74, 6) is 0. The SMILES string of the molecule is S=C=NC1=CC2=NC1=CC1=NC(=CC3=NC(=CC4=NC(=C2)C=C4)C=C3)C=C1. The van der Waals surface area contributed by atoms with Gasteiger partial charge in [-0.05, 0) is 79.1 Å². The quantitative estimate of drug-likeness (QED) is 0.511. The molecule has 126 valence electrons. The summed E-state index contributed by atoms with van der Waals surface area (Å²) in [6, 6.07) is 0. The van der Waals surface area contributed by atoms with Crippen molar-refractivity contribution in [1.82, 2.24) is 0 Å². The molecule has 0 saturated carbocycles. The number of rotatable bonds is 1. The van der Waals surface area contributed by atoms with Crippen molar-refractivity contribution in [2.24, 2.45) is 25.0 Å². The van der Waals surface area contributed by atoms with Crippen LogP contribution in [0.1, 0.15) is 0 Å². The summed E-state index contributed by atoms with van der Waals surface area (Å²) in [7, 11) is 0. The van der Waals surface area contributed by atoms with Crippen LogP contribution in [0, 0.1) is 0 Å². The first-order valence-corrected chi connectivity index (χ1v) is 8.72. The summed E-state index contributed by atoms with van der Waals surface area (Å²) in [6.07, 6.45) is 21.3. The molecule has 0 aromatic carbocycles. The van der Waals surface area contributed by atoms with E-state index in [9.17, 15) is 0 Å². The van der Waals surface area contributed by atoms with Gasteiger partial charge < -0.3 is 0 Å². The molecule has 5 aliphatic heterocycles. The zero-order chi connectivity index (χ0) is 18.2. The Kier molecular flexibility index (Phi) is 3.64. The van der Waals surface area contributed by atoms with Gasteiger partial charge in [-0.25, -0.2) is 20.0 Å². The van der Waals surface area contributed by atoms with E-state index >= 15 is 0 Å². The molecule has 8 bridgehead atoms. The average molecular weight is 365 g/mol. The summed E-state index contributed by atoms with van der Waals surface area (Å²) in [4.78, 5) is 22.6. The molecule has 5 aliphatic rings. The van der Waals surface area contributed by atoms with E-state index in [1.807, 2.05) is 66.8 Å². The van der Waals surface area contributed by atoms with Gasteiger partial charge in [-0.1, -0.05) is 0 Å². The maximum Gasteiger partial charge on any atom is 0.102 e. The molecule has 0 N–H and O–H groups in total. The Morgan fingerprint density at radius 1 is 0.593 bits per heavy atom. The topological polar surface area (TPSA) is 61.8 Å². The van der Waals surface area contributed by atoms with Crippen molar-refractivity contribution in [3.63, 3.8) is 0 Å². The Bertz CT molecular complexity index is 1200. The van der Waals surface area contributed by atoms with Crippen molar-refractivity contribution >= 4 is 40.2 Å². The minimum atomic E-state index is 0.661. The average Bonchev–Trinajstić information content (AvgIpc) is 3.41. The van der Waals surface area contributed by atoms with Crippen LogP contribution in [0.25, 0.3) is 0 Å². The highest BCUT2D eigenvalue weighted by atomic mass is 32.1. The van der Waals surface area contributed by atoms with Crippen LogP contribution in [0.15, 0.2) is 120 Å². The molecule has 0 aromatic rings. The largest absolute Gasteiger partial charge is 0.249 e. The van der Waals surface area contributed by atoms with Crippen molar-refractivity contribution in [3.05, 3.63) is 95.3 Å². The third-order valence-corrected chi connectivity index (χ3v) is 4.28. The Morgan fingerprint density at radius 3 is 1.67 bits per heavy atom. The standard InChI is InChI=1S/C21H11N5S/c27-12-22-20-11-19-9-17-4-3-15(24-17)7-13-1-2-14(23-13)8-16-5-6-18(25-16)10-21(20)26-19/h1-11H. The molecule has 5 nitrogen and oxygen atoms in total. The van der Waals surface area contributed by atoms with Crippen LogP contribution in [-0.2, 0) is 0 Å². The van der Waals surface area contributed by atoms with Gasteiger partial charge >= 0.3 is 0 Å². The van der Waals surface area contributed by atoms with Crippen LogP contribution in [0.3, 0.4) is 0 Å². The molecule has 0 saturated heterocycles. The first-order valence-electron chi connectivity index (χ1n) is 8.31. The minimum absolute atomic E-state index is 0.661. The molecule has 0 radical (unpaired) electrons. The molecule has 0 amide bonds. The highest BCUT2D eigenvalue weighted by Crippen LogP contribution is 2.24. The van der Waals surface area contributed by atoms with Crippen molar-refractivity contribution < 1.29 is 0 Å². The highest BCUT2D eigenvalue weighted by molar-refractivity contribution is 7.78. The number of allylic oxidation sites excluding steroid dienone is 11. The first kappa shape index (κ1) is 15.6. The van der Waals surface area contributed by atoms with Crippen LogP contribution < -0.4 is 0 Å². The molecule has 0 unspecified atom stereocenters. The molecule has 0 spiro atoms. The van der Waals surface area contributed by atoms with Gasteiger partial charge in [-0.2, -0.15) is 4.99 Å². The monoisotopic (exact) mass is 365 g/mol. The lowest BCUT2D eigenvalue weighted by Gasteiger charge is -1.95. The summed E-state index contributed by atoms with van der Waals surface area (Å²) in [5.41, 5.74) is 7.14. The molecule has 5 heterocycles. The second kappa shape index (κ2) is 6.29. The Morgan fingerprint density at radius 2 is 1.11 bits per heavy atom. The van der Waals surface area contributed by atoms with Crippen LogP contribution in [0.5, 0.6) is 0 Å². The molecule has 5 rings (SSSR count). The fraction of sp³-hybridized carbons (Fsp3) is 0. The molecule has 0 aromatic heterocycles. The fourth-order valence-electron chi connectivity index (χ4n) is 3.02. The van der Waals surface area contributed by atoms with Crippen LogP contribution in [-0.4, -0.2) is 28.0 Å². The van der Waals surface area contributed by atoms with Gasteiger partial charge in [0, 0.05) is 0 Å². The van der Waals surface area contributed by atoms with Gasteiger partial charge in [0.1, 0.15) is 5.70 Å². The van der Waals surface area contributed by atoms with Crippen LogP contribution in [0.4, 0.5) is 0 Å². The van der Waals surface area contributed by atoms with Crippen molar-refractivity contribution in [2.45, 2.75) is 0 Å². The van der Waals surface area contributed by atoms with E-state index in [-0.39, 0.29) is 0 Å². The molecule has 27 heavy (non-hydrogen) atoms. The summed E-state index contributed by atoms with van der Waals surface area (Å²) < 4.78 is 0. The molecule has 0 fully saturated rings. The fourth-order valence-corrected chi connectivity index (χ4v) is 3.12. The van der Waals surface area contributed by atoms with Crippen molar-refractivity contribution in [3.8, 4) is 0 Å². The maximum absolute atomic E-state index is 4.76. The number of isothiocyanates is 1.